The van der Waals surface area contributed by atoms with E-state index in [0.717, 1.165) is 4.90 Å². The molecule has 0 fully saturated rings. The molecule has 0 bridgehead atoms. The van der Waals surface area contributed by atoms with Crippen molar-refractivity contribution in [1.29, 1.82) is 0 Å². The van der Waals surface area contributed by atoms with E-state index in [2.05, 4.69) is 17.2 Å². The van der Waals surface area contributed by atoms with E-state index in [4.69, 9.17) is 18.0 Å². The lowest BCUT2D eigenvalue weighted by Gasteiger charge is -2.17. The second-order valence-corrected chi connectivity index (χ2v) is 2.64. The maximum atomic E-state index is 11.3. The highest BCUT2D eigenvalue weighted by Crippen LogP contribution is 1.89. The quantitative estimate of drug-likeness (QED) is 0.483. The lowest BCUT2D eigenvalue weighted by molar-refractivity contribution is -0.137. The Labute approximate surface area is 88.4 Å². The molecule has 0 saturated heterocycles. The van der Waals surface area contributed by atoms with Gasteiger partial charge in [0, 0.05) is 13.0 Å². The van der Waals surface area contributed by atoms with Crippen LogP contribution < -0.4 is 5.32 Å². The number of carbonyl (C=O) groups excluding carboxylic acids is 1. The molecule has 0 aliphatic carbocycles. The van der Waals surface area contributed by atoms with Gasteiger partial charge in [0.2, 0.25) is 0 Å². The number of terminal acetylenes is 2. The van der Waals surface area contributed by atoms with Crippen LogP contribution in [0.4, 0.5) is 4.79 Å². The molecule has 0 aromatic heterocycles. The van der Waals surface area contributed by atoms with Crippen molar-refractivity contribution in [2.24, 2.45) is 0 Å². The van der Waals surface area contributed by atoms with Gasteiger partial charge in [0.15, 0.2) is 0 Å². The molecule has 0 aliphatic rings. The molecule has 0 radical (unpaired) electrons. The van der Waals surface area contributed by atoms with Crippen molar-refractivity contribution >= 4 is 12.0 Å². The lowest BCUT2D eigenvalue weighted by atomic mass is 10.4. The number of urea groups is 1. The van der Waals surface area contributed by atoms with Crippen molar-refractivity contribution in [2.75, 3.05) is 19.6 Å². The topological polar surface area (TPSA) is 69.6 Å². The van der Waals surface area contributed by atoms with Crippen molar-refractivity contribution in [3.63, 3.8) is 0 Å². The van der Waals surface area contributed by atoms with Crippen LogP contribution in [-0.4, -0.2) is 41.6 Å². The second kappa shape index (κ2) is 7.28. The van der Waals surface area contributed by atoms with E-state index in [1.54, 1.807) is 0 Å². The molecule has 0 heterocycles. The average molecular weight is 208 g/mol. The van der Waals surface area contributed by atoms with Crippen LogP contribution in [0.15, 0.2) is 0 Å². The molecule has 0 aromatic carbocycles. The largest absolute Gasteiger partial charge is 0.480 e. The molecule has 0 aromatic rings. The third-order valence-corrected chi connectivity index (χ3v) is 1.44. The molecule has 2 N–H and O–H groups in total. The molecule has 0 saturated carbocycles. The summed E-state index contributed by atoms with van der Waals surface area (Å²) in [6, 6.07) is -0.523. The molecule has 2 amide bonds. The number of carboxylic acids is 1. The monoisotopic (exact) mass is 208 g/mol. The van der Waals surface area contributed by atoms with Gasteiger partial charge in [-0.25, -0.2) is 4.79 Å². The van der Waals surface area contributed by atoms with E-state index in [1.807, 2.05) is 0 Å². The Balaban J connectivity index is 4.12. The van der Waals surface area contributed by atoms with E-state index in [9.17, 15) is 9.59 Å². The number of carbonyl (C=O) groups is 2. The Morgan fingerprint density at radius 3 is 2.47 bits per heavy atom. The summed E-state index contributed by atoms with van der Waals surface area (Å²) in [6.07, 6.45) is 10.4. The molecule has 0 atom stereocenters. The number of hydrogen-bond donors (Lipinski definition) is 2. The Bertz CT molecular complexity index is 312. The summed E-state index contributed by atoms with van der Waals surface area (Å²) in [4.78, 5) is 22.7. The van der Waals surface area contributed by atoms with Gasteiger partial charge in [-0.15, -0.1) is 18.8 Å². The molecule has 0 spiro atoms. The molecule has 80 valence electrons. The van der Waals surface area contributed by atoms with Gasteiger partial charge in [0.05, 0.1) is 6.54 Å². The maximum absolute atomic E-state index is 11.3. The Morgan fingerprint density at radius 2 is 2.00 bits per heavy atom. The van der Waals surface area contributed by atoms with Crippen molar-refractivity contribution in [2.45, 2.75) is 6.42 Å². The zero-order valence-electron chi connectivity index (χ0n) is 8.19. The summed E-state index contributed by atoms with van der Waals surface area (Å²) in [5, 5.41) is 11.0. The number of amides is 2. The van der Waals surface area contributed by atoms with Crippen LogP contribution in [-0.2, 0) is 4.79 Å². The first-order valence-corrected chi connectivity index (χ1v) is 4.23. The first-order valence-electron chi connectivity index (χ1n) is 4.23. The molecular formula is C10H12N2O3. The second-order valence-electron chi connectivity index (χ2n) is 2.64. The molecule has 5 heteroatoms. The minimum atomic E-state index is -1.11. The molecule has 0 aliphatic heterocycles. The average Bonchev–Trinajstić information content (AvgIpc) is 2.17. The Kier molecular flexibility index (Phi) is 6.24. The highest BCUT2D eigenvalue weighted by Gasteiger charge is 2.14. The minimum Gasteiger partial charge on any atom is -0.480 e. The van der Waals surface area contributed by atoms with Gasteiger partial charge in [0.25, 0.3) is 0 Å². The van der Waals surface area contributed by atoms with Crippen LogP contribution in [0.1, 0.15) is 6.42 Å². The third-order valence-electron chi connectivity index (χ3n) is 1.44. The molecule has 0 unspecified atom stereocenters. The number of aliphatic carboxylic acids is 1. The summed E-state index contributed by atoms with van der Waals surface area (Å²) < 4.78 is 0. The van der Waals surface area contributed by atoms with Gasteiger partial charge < -0.3 is 15.3 Å². The maximum Gasteiger partial charge on any atom is 0.323 e. The van der Waals surface area contributed by atoms with Gasteiger partial charge in [-0.1, -0.05) is 5.92 Å². The van der Waals surface area contributed by atoms with E-state index in [-0.39, 0.29) is 6.54 Å². The van der Waals surface area contributed by atoms with Crippen molar-refractivity contribution in [1.82, 2.24) is 10.2 Å². The Morgan fingerprint density at radius 1 is 1.33 bits per heavy atom. The Hall–Kier alpha value is -2.14. The van der Waals surface area contributed by atoms with Gasteiger partial charge >= 0.3 is 12.0 Å². The predicted molar refractivity (Wildman–Crippen MR) is 54.9 cm³/mol. The van der Waals surface area contributed by atoms with Crippen LogP contribution in [0.5, 0.6) is 0 Å². The first-order chi connectivity index (χ1) is 7.11. The number of carboxylic acid groups (broad SMARTS) is 1. The van der Waals surface area contributed by atoms with Crippen molar-refractivity contribution < 1.29 is 14.7 Å². The predicted octanol–water partition coefficient (Wildman–Crippen LogP) is -0.261. The fourth-order valence-electron chi connectivity index (χ4n) is 0.826. The van der Waals surface area contributed by atoms with Crippen molar-refractivity contribution in [3.05, 3.63) is 0 Å². The van der Waals surface area contributed by atoms with E-state index >= 15 is 0 Å². The van der Waals surface area contributed by atoms with E-state index in [1.165, 1.54) is 0 Å². The zero-order chi connectivity index (χ0) is 11.7. The normalized spacial score (nSPS) is 8.40. The summed E-state index contributed by atoms with van der Waals surface area (Å²) in [7, 11) is 0. The highest BCUT2D eigenvalue weighted by molar-refractivity contribution is 5.80. The smallest absolute Gasteiger partial charge is 0.323 e. The van der Waals surface area contributed by atoms with Crippen LogP contribution in [0.2, 0.25) is 0 Å². The lowest BCUT2D eigenvalue weighted by Crippen LogP contribution is -2.43. The molecule has 5 nitrogen and oxygen atoms in total. The van der Waals surface area contributed by atoms with E-state index < -0.39 is 18.5 Å². The van der Waals surface area contributed by atoms with Crippen LogP contribution >= 0.6 is 0 Å². The van der Waals surface area contributed by atoms with Gasteiger partial charge in [-0.05, 0) is 0 Å². The van der Waals surface area contributed by atoms with Gasteiger partial charge in [-0.2, -0.15) is 0 Å². The van der Waals surface area contributed by atoms with E-state index in [0.29, 0.717) is 13.0 Å². The summed E-state index contributed by atoms with van der Waals surface area (Å²) >= 11 is 0. The molecular weight excluding hydrogens is 196 g/mol. The fourth-order valence-corrected chi connectivity index (χ4v) is 0.826. The number of rotatable bonds is 5. The molecule has 0 rings (SSSR count). The van der Waals surface area contributed by atoms with Crippen LogP contribution in [0, 0.1) is 24.7 Å². The highest BCUT2D eigenvalue weighted by atomic mass is 16.4. The number of nitrogens with zero attached hydrogens (tertiary/aromatic N) is 1. The first kappa shape index (κ1) is 12.9. The number of hydrogen-bond acceptors (Lipinski definition) is 2. The van der Waals surface area contributed by atoms with Gasteiger partial charge in [-0.3, -0.25) is 4.79 Å². The van der Waals surface area contributed by atoms with Crippen LogP contribution in [0.25, 0.3) is 0 Å². The fraction of sp³-hybridized carbons (Fsp3) is 0.400. The minimum absolute atomic E-state index is 0.0474. The number of nitrogens with one attached hydrogen (secondary N) is 1. The summed E-state index contributed by atoms with van der Waals surface area (Å²) in [5.41, 5.74) is 0. The summed E-state index contributed by atoms with van der Waals surface area (Å²) in [5.74, 6) is 3.44. The standard InChI is InChI=1S/C10H12N2O3/c1-3-5-6-11-10(15)12(7-4-2)8-9(13)14/h1-2H,5-8H2,(H,11,15)(H,13,14). The van der Waals surface area contributed by atoms with Crippen LogP contribution in [0.3, 0.4) is 0 Å². The third kappa shape index (κ3) is 6.00. The van der Waals surface area contributed by atoms with Gasteiger partial charge in [0.1, 0.15) is 6.54 Å². The summed E-state index contributed by atoms with van der Waals surface area (Å²) in [6.45, 7) is -0.170. The molecule has 15 heavy (non-hydrogen) atoms. The SMILES string of the molecule is C#CCCNC(=O)N(CC#C)CC(=O)O. The zero-order valence-corrected chi connectivity index (χ0v) is 8.19. The van der Waals surface area contributed by atoms with Crippen molar-refractivity contribution in [3.8, 4) is 24.7 Å².